The summed E-state index contributed by atoms with van der Waals surface area (Å²) in [5, 5.41) is 2.64. The highest BCUT2D eigenvalue weighted by molar-refractivity contribution is 7.14. The number of amides is 2. The van der Waals surface area contributed by atoms with Crippen LogP contribution in [0.1, 0.15) is 19.0 Å². The third-order valence-corrected chi connectivity index (χ3v) is 4.94. The molecule has 0 spiro atoms. The average molecular weight is 329 g/mol. The number of para-hydroxylation sites is 1. The summed E-state index contributed by atoms with van der Waals surface area (Å²) in [6.07, 6.45) is 0.259. The Labute approximate surface area is 139 Å². The first-order chi connectivity index (χ1) is 11.1. The van der Waals surface area contributed by atoms with Crippen molar-refractivity contribution < 1.29 is 9.59 Å². The second-order valence-corrected chi connectivity index (χ2v) is 6.43. The van der Waals surface area contributed by atoms with Gasteiger partial charge in [-0.05, 0) is 26.0 Å². The minimum absolute atomic E-state index is 0.000854. The highest BCUT2D eigenvalue weighted by atomic mass is 32.1. The molecule has 2 amide bonds. The predicted octanol–water partition coefficient (Wildman–Crippen LogP) is 2.86. The van der Waals surface area contributed by atoms with Gasteiger partial charge < -0.3 is 4.90 Å². The van der Waals surface area contributed by atoms with Gasteiger partial charge in [0.2, 0.25) is 11.8 Å². The summed E-state index contributed by atoms with van der Waals surface area (Å²) in [5.41, 5.74) is 1.76. The van der Waals surface area contributed by atoms with E-state index in [1.807, 2.05) is 49.6 Å². The summed E-state index contributed by atoms with van der Waals surface area (Å²) in [7, 11) is 0. The fourth-order valence-electron chi connectivity index (χ4n) is 2.80. The maximum Gasteiger partial charge on any atom is 0.234 e. The zero-order valence-electron chi connectivity index (χ0n) is 13.2. The molecule has 1 aromatic carbocycles. The summed E-state index contributed by atoms with van der Waals surface area (Å²) in [5.74, 6) is -0.332. The minimum atomic E-state index is -0.313. The largest absolute Gasteiger partial charge is 0.312 e. The van der Waals surface area contributed by atoms with Crippen molar-refractivity contribution in [1.82, 2.24) is 4.98 Å². The first-order valence-electron chi connectivity index (χ1n) is 7.69. The summed E-state index contributed by atoms with van der Waals surface area (Å²) in [4.78, 5) is 32.9. The number of anilines is 2. The number of carbonyl (C=O) groups excluding carboxylic acids is 2. The molecular formula is C17H19N3O2S. The van der Waals surface area contributed by atoms with E-state index in [-0.39, 0.29) is 24.2 Å². The fraction of sp³-hybridized carbons (Fsp3) is 0.353. The molecule has 5 nitrogen and oxygen atoms in total. The van der Waals surface area contributed by atoms with Crippen molar-refractivity contribution in [1.29, 1.82) is 0 Å². The Morgan fingerprint density at radius 1 is 1.39 bits per heavy atom. The number of hydrogen-bond donors (Lipinski definition) is 0. The van der Waals surface area contributed by atoms with E-state index in [1.165, 1.54) is 11.3 Å². The molecule has 1 aliphatic rings. The number of hydrogen-bond acceptors (Lipinski definition) is 4. The zero-order valence-corrected chi connectivity index (χ0v) is 14.0. The molecule has 23 heavy (non-hydrogen) atoms. The fourth-order valence-corrected chi connectivity index (χ4v) is 3.67. The molecule has 1 fully saturated rings. The molecule has 1 aliphatic heterocycles. The van der Waals surface area contributed by atoms with Crippen molar-refractivity contribution >= 4 is 34.0 Å². The molecule has 3 rings (SSSR count). The summed E-state index contributed by atoms with van der Waals surface area (Å²) < 4.78 is 0. The second kappa shape index (κ2) is 6.50. The molecule has 0 bridgehead atoms. The van der Waals surface area contributed by atoms with E-state index in [1.54, 1.807) is 9.80 Å². The SMILES string of the molecule is CCN(C(=O)C1CC(=O)N(c2ccccc2)C1)c1nc(C)cs1. The zero-order chi connectivity index (χ0) is 16.4. The van der Waals surface area contributed by atoms with Crippen LogP contribution in [0.25, 0.3) is 0 Å². The molecule has 1 unspecified atom stereocenters. The number of nitrogens with zero attached hydrogens (tertiary/aromatic N) is 3. The number of carbonyl (C=O) groups is 2. The number of aryl methyl sites for hydroxylation is 1. The van der Waals surface area contributed by atoms with Gasteiger partial charge in [0.25, 0.3) is 0 Å². The Bertz CT molecular complexity index is 714. The lowest BCUT2D eigenvalue weighted by molar-refractivity contribution is -0.124. The predicted molar refractivity (Wildman–Crippen MR) is 91.8 cm³/mol. The highest BCUT2D eigenvalue weighted by Crippen LogP contribution is 2.28. The normalized spacial score (nSPS) is 17.6. The van der Waals surface area contributed by atoms with Gasteiger partial charge in [-0.1, -0.05) is 18.2 Å². The van der Waals surface area contributed by atoms with E-state index >= 15 is 0 Å². The molecule has 1 aromatic heterocycles. The van der Waals surface area contributed by atoms with Gasteiger partial charge in [-0.15, -0.1) is 11.3 Å². The van der Waals surface area contributed by atoms with E-state index in [2.05, 4.69) is 4.98 Å². The Morgan fingerprint density at radius 2 is 2.13 bits per heavy atom. The average Bonchev–Trinajstić information content (AvgIpc) is 3.15. The van der Waals surface area contributed by atoms with Crippen molar-refractivity contribution in [2.75, 3.05) is 22.9 Å². The van der Waals surface area contributed by atoms with E-state index < -0.39 is 0 Å². The molecule has 1 atom stereocenters. The molecule has 0 aliphatic carbocycles. The molecule has 2 aromatic rings. The van der Waals surface area contributed by atoms with E-state index in [4.69, 9.17) is 0 Å². The van der Waals surface area contributed by atoms with Gasteiger partial charge >= 0.3 is 0 Å². The third kappa shape index (κ3) is 3.12. The van der Waals surface area contributed by atoms with Gasteiger partial charge in [-0.2, -0.15) is 0 Å². The van der Waals surface area contributed by atoms with Crippen LogP contribution in [0.4, 0.5) is 10.8 Å². The van der Waals surface area contributed by atoms with Gasteiger partial charge in [0.05, 0.1) is 11.6 Å². The molecule has 6 heteroatoms. The lowest BCUT2D eigenvalue weighted by atomic mass is 10.1. The maximum atomic E-state index is 12.8. The topological polar surface area (TPSA) is 53.5 Å². The minimum Gasteiger partial charge on any atom is -0.312 e. The van der Waals surface area contributed by atoms with Crippen LogP contribution in [-0.2, 0) is 9.59 Å². The van der Waals surface area contributed by atoms with Gasteiger partial charge in [-0.3, -0.25) is 14.5 Å². The van der Waals surface area contributed by atoms with Crippen molar-refractivity contribution in [3.8, 4) is 0 Å². The molecule has 2 heterocycles. The number of aromatic nitrogens is 1. The van der Waals surface area contributed by atoms with Crippen LogP contribution in [0.3, 0.4) is 0 Å². The summed E-state index contributed by atoms with van der Waals surface area (Å²) in [6.45, 7) is 4.83. The number of thiazole rings is 1. The van der Waals surface area contributed by atoms with Crippen molar-refractivity contribution in [3.63, 3.8) is 0 Å². The molecule has 1 saturated heterocycles. The monoisotopic (exact) mass is 329 g/mol. The smallest absolute Gasteiger partial charge is 0.234 e. The Hall–Kier alpha value is -2.21. The maximum absolute atomic E-state index is 12.8. The van der Waals surface area contributed by atoms with Crippen LogP contribution in [0, 0.1) is 12.8 Å². The quantitative estimate of drug-likeness (QED) is 0.867. The van der Waals surface area contributed by atoms with Crippen molar-refractivity contribution in [3.05, 3.63) is 41.4 Å². The van der Waals surface area contributed by atoms with Crippen LogP contribution < -0.4 is 9.80 Å². The van der Waals surface area contributed by atoms with Gasteiger partial charge in [0.1, 0.15) is 0 Å². The lowest BCUT2D eigenvalue weighted by Crippen LogP contribution is -2.37. The first-order valence-corrected chi connectivity index (χ1v) is 8.57. The molecule has 0 radical (unpaired) electrons. The van der Waals surface area contributed by atoms with E-state index in [9.17, 15) is 9.59 Å². The van der Waals surface area contributed by atoms with Crippen LogP contribution in [0.5, 0.6) is 0 Å². The summed E-state index contributed by atoms with van der Waals surface area (Å²) >= 11 is 1.46. The van der Waals surface area contributed by atoms with E-state index in [0.717, 1.165) is 11.4 Å². The van der Waals surface area contributed by atoms with Crippen LogP contribution >= 0.6 is 11.3 Å². The van der Waals surface area contributed by atoms with Crippen molar-refractivity contribution in [2.24, 2.45) is 5.92 Å². The number of rotatable bonds is 4. The van der Waals surface area contributed by atoms with E-state index in [0.29, 0.717) is 18.2 Å². The van der Waals surface area contributed by atoms with Gasteiger partial charge in [0, 0.05) is 30.6 Å². The van der Waals surface area contributed by atoms with Crippen molar-refractivity contribution in [2.45, 2.75) is 20.3 Å². The standard InChI is InChI=1S/C17H19N3O2S/c1-3-19(17-18-12(2)11-23-17)16(22)13-9-15(21)20(10-13)14-7-5-4-6-8-14/h4-8,11,13H,3,9-10H2,1-2H3. The van der Waals surface area contributed by atoms with Crippen LogP contribution in [0.15, 0.2) is 35.7 Å². The van der Waals surface area contributed by atoms with Gasteiger partial charge in [0.15, 0.2) is 5.13 Å². The Kier molecular flexibility index (Phi) is 4.43. The molecule has 0 N–H and O–H groups in total. The Balaban J connectivity index is 1.77. The van der Waals surface area contributed by atoms with Gasteiger partial charge in [-0.25, -0.2) is 4.98 Å². The number of benzene rings is 1. The molecule has 120 valence electrons. The second-order valence-electron chi connectivity index (χ2n) is 5.59. The highest BCUT2D eigenvalue weighted by Gasteiger charge is 2.37. The van der Waals surface area contributed by atoms with Crippen LogP contribution in [-0.4, -0.2) is 29.9 Å². The first kappa shape index (κ1) is 15.7. The molecular weight excluding hydrogens is 310 g/mol. The lowest BCUT2D eigenvalue weighted by Gasteiger charge is -2.22. The Morgan fingerprint density at radius 3 is 2.74 bits per heavy atom. The van der Waals surface area contributed by atoms with Crippen LogP contribution in [0.2, 0.25) is 0 Å². The third-order valence-electron chi connectivity index (χ3n) is 3.96. The molecule has 0 saturated carbocycles. The summed E-state index contributed by atoms with van der Waals surface area (Å²) in [6, 6.07) is 9.50.